The number of allylic oxidation sites excluding steroid dienone is 2. The monoisotopic (exact) mass is 743 g/mol. The number of para-hydroxylation sites is 5. The first-order valence-electron chi connectivity index (χ1n) is 20.0. The van der Waals surface area contributed by atoms with E-state index in [0.29, 0.717) is 0 Å². The van der Waals surface area contributed by atoms with E-state index in [-0.39, 0.29) is 6.04 Å². The van der Waals surface area contributed by atoms with E-state index in [1.807, 2.05) is 0 Å². The van der Waals surface area contributed by atoms with Gasteiger partial charge in [-0.15, -0.1) is 0 Å². The molecule has 1 atom stereocenters. The van der Waals surface area contributed by atoms with Crippen LogP contribution in [0.4, 0.5) is 17.1 Å². The van der Waals surface area contributed by atoms with Crippen LogP contribution in [-0.4, -0.2) is 4.57 Å². The van der Waals surface area contributed by atoms with E-state index in [2.05, 4.69) is 227 Å². The summed E-state index contributed by atoms with van der Waals surface area (Å²) in [6.07, 6.45) is 4.66. The van der Waals surface area contributed by atoms with Gasteiger partial charge in [-0.3, -0.25) is 0 Å². The van der Waals surface area contributed by atoms with Gasteiger partial charge >= 0.3 is 0 Å². The van der Waals surface area contributed by atoms with Gasteiger partial charge in [-0.25, -0.2) is 0 Å². The zero-order chi connectivity index (χ0) is 38.2. The third-order valence-electron chi connectivity index (χ3n) is 12.3. The van der Waals surface area contributed by atoms with Gasteiger partial charge in [0.2, 0.25) is 0 Å². The van der Waals surface area contributed by atoms with Crippen molar-refractivity contribution in [3.8, 4) is 11.5 Å². The molecule has 0 saturated carbocycles. The molecule has 0 radical (unpaired) electrons. The first-order valence-corrected chi connectivity index (χ1v) is 20.0. The van der Waals surface area contributed by atoms with Crippen LogP contribution in [0.5, 0.6) is 11.5 Å². The lowest BCUT2D eigenvalue weighted by Crippen LogP contribution is -2.39. The molecular formula is C54H37N3O. The molecule has 1 aromatic heterocycles. The van der Waals surface area contributed by atoms with Crippen LogP contribution >= 0.6 is 0 Å². The van der Waals surface area contributed by atoms with Gasteiger partial charge in [0.1, 0.15) is 5.75 Å². The number of aromatic nitrogens is 1. The number of nitrogens with zero attached hydrogens (tertiary/aromatic N) is 2. The average Bonchev–Trinajstić information content (AvgIpc) is 3.65. The molecule has 4 nitrogen and oxygen atoms in total. The molecule has 4 heteroatoms. The van der Waals surface area contributed by atoms with Crippen LogP contribution in [0.1, 0.15) is 39.4 Å². The zero-order valence-corrected chi connectivity index (χ0v) is 31.6. The van der Waals surface area contributed by atoms with Gasteiger partial charge in [0.15, 0.2) is 5.75 Å². The highest BCUT2D eigenvalue weighted by Gasteiger charge is 2.51. The molecule has 12 rings (SSSR count). The number of anilines is 3. The number of hydrogen-bond donors (Lipinski definition) is 1. The number of rotatable bonds is 4. The fraction of sp³-hybridized carbons (Fsp3) is 0.0370. The normalized spacial score (nSPS) is 16.0. The lowest BCUT2D eigenvalue weighted by molar-refractivity contribution is 0.438. The SMILES string of the molecule is C1=C(c2ccccc2)NC(c2ccccc2)C=C1n1c2ccccc2c2ccc3c(c21)Oc1ccccc1C31c2ccccc2N(c2ccccc2)c2ccccc21. The molecule has 3 aliphatic rings. The van der Waals surface area contributed by atoms with Crippen molar-refractivity contribution >= 4 is 50.3 Å². The topological polar surface area (TPSA) is 29.4 Å². The van der Waals surface area contributed by atoms with Crippen molar-refractivity contribution in [3.05, 3.63) is 246 Å². The Hall–Kier alpha value is -7.56. The fourth-order valence-corrected chi connectivity index (χ4v) is 9.88. The molecule has 1 N–H and O–H groups in total. The first kappa shape index (κ1) is 32.7. The second-order valence-electron chi connectivity index (χ2n) is 15.3. The van der Waals surface area contributed by atoms with Crippen molar-refractivity contribution in [2.45, 2.75) is 11.5 Å². The molecule has 58 heavy (non-hydrogen) atoms. The van der Waals surface area contributed by atoms with Gasteiger partial charge in [0.25, 0.3) is 0 Å². The number of fused-ring (bicyclic) bond motifs is 12. The molecule has 8 aromatic carbocycles. The van der Waals surface area contributed by atoms with E-state index >= 15 is 0 Å². The minimum Gasteiger partial charge on any atom is -0.454 e. The third-order valence-corrected chi connectivity index (χ3v) is 12.3. The highest BCUT2D eigenvalue weighted by molar-refractivity contribution is 6.14. The largest absolute Gasteiger partial charge is 0.454 e. The highest BCUT2D eigenvalue weighted by atomic mass is 16.5. The number of hydrogen-bond acceptors (Lipinski definition) is 3. The second kappa shape index (κ2) is 12.7. The summed E-state index contributed by atoms with van der Waals surface area (Å²) >= 11 is 0. The summed E-state index contributed by atoms with van der Waals surface area (Å²) < 4.78 is 9.79. The van der Waals surface area contributed by atoms with Crippen LogP contribution < -0.4 is 15.0 Å². The number of ether oxygens (including phenoxy) is 1. The predicted molar refractivity (Wildman–Crippen MR) is 237 cm³/mol. The van der Waals surface area contributed by atoms with Crippen molar-refractivity contribution in [3.63, 3.8) is 0 Å². The summed E-state index contributed by atoms with van der Waals surface area (Å²) in [5.74, 6) is 1.73. The van der Waals surface area contributed by atoms with Crippen LogP contribution in [0.3, 0.4) is 0 Å². The van der Waals surface area contributed by atoms with Crippen LogP contribution in [0.25, 0.3) is 33.2 Å². The maximum atomic E-state index is 7.35. The third kappa shape index (κ3) is 4.63. The van der Waals surface area contributed by atoms with Crippen LogP contribution in [-0.2, 0) is 5.41 Å². The summed E-state index contributed by atoms with van der Waals surface area (Å²) in [7, 11) is 0. The Labute approximate surface area is 337 Å². The predicted octanol–water partition coefficient (Wildman–Crippen LogP) is 13.3. The Bertz CT molecular complexity index is 3080. The average molecular weight is 744 g/mol. The highest BCUT2D eigenvalue weighted by Crippen LogP contribution is 2.64. The molecule has 0 amide bonds. The quantitative estimate of drug-likeness (QED) is 0.195. The van der Waals surface area contributed by atoms with Crippen molar-refractivity contribution in [2.24, 2.45) is 0 Å². The maximum absolute atomic E-state index is 7.35. The first-order chi connectivity index (χ1) is 28.8. The van der Waals surface area contributed by atoms with Gasteiger partial charge in [0.05, 0.1) is 33.9 Å². The molecule has 9 aromatic rings. The number of nitrogens with one attached hydrogen (secondary N) is 1. The molecule has 0 bridgehead atoms. The van der Waals surface area contributed by atoms with Crippen molar-refractivity contribution < 1.29 is 4.74 Å². The van der Waals surface area contributed by atoms with E-state index < -0.39 is 5.41 Å². The molecule has 274 valence electrons. The Morgan fingerprint density at radius 3 is 1.84 bits per heavy atom. The van der Waals surface area contributed by atoms with Crippen LogP contribution in [0.15, 0.2) is 212 Å². The van der Waals surface area contributed by atoms with Crippen molar-refractivity contribution in [2.75, 3.05) is 4.90 Å². The van der Waals surface area contributed by atoms with E-state index in [9.17, 15) is 0 Å². The molecule has 0 aliphatic carbocycles. The number of benzene rings is 8. The van der Waals surface area contributed by atoms with Crippen LogP contribution in [0, 0.1) is 0 Å². The van der Waals surface area contributed by atoms with E-state index in [1.165, 1.54) is 22.1 Å². The number of dihydropyridines is 1. The van der Waals surface area contributed by atoms with Gasteiger partial charge in [-0.1, -0.05) is 164 Å². The Kier molecular flexibility index (Phi) is 7.17. The smallest absolute Gasteiger partial charge is 0.156 e. The Morgan fingerprint density at radius 1 is 0.500 bits per heavy atom. The van der Waals surface area contributed by atoms with Gasteiger partial charge < -0.3 is 19.5 Å². The van der Waals surface area contributed by atoms with Gasteiger partial charge in [0, 0.05) is 39.0 Å². The van der Waals surface area contributed by atoms with Crippen LogP contribution in [0.2, 0.25) is 0 Å². The van der Waals surface area contributed by atoms with Crippen molar-refractivity contribution in [1.82, 2.24) is 9.88 Å². The molecule has 0 saturated heterocycles. The fourth-order valence-electron chi connectivity index (χ4n) is 9.88. The summed E-state index contributed by atoms with van der Waals surface area (Å²) in [6.45, 7) is 0. The van der Waals surface area contributed by atoms with E-state index in [4.69, 9.17) is 4.74 Å². The van der Waals surface area contributed by atoms with Crippen molar-refractivity contribution in [1.29, 1.82) is 0 Å². The van der Waals surface area contributed by atoms with Gasteiger partial charge in [-0.05, 0) is 70.8 Å². The molecule has 3 aliphatic heterocycles. The summed E-state index contributed by atoms with van der Waals surface area (Å²) in [4.78, 5) is 2.42. The standard InChI is InChI=1S/C54H37N3O/c1-4-18-36(19-5-1)46-34-39(35-47(55-46)37-20-6-2-7-21-37)57-48-28-14-10-24-40(48)41-32-33-45-53(52(41)57)58-51-31-17-13-27-44(51)54(45)42-25-11-15-29-49(42)56(38-22-8-3-9-23-38)50-30-16-12-26-43(50)54/h1-35,46,55H. The summed E-state index contributed by atoms with van der Waals surface area (Å²) in [6, 6.07) is 72.0. The molecular weight excluding hydrogens is 707 g/mol. The summed E-state index contributed by atoms with van der Waals surface area (Å²) in [5.41, 5.74) is 14.1. The minimum absolute atomic E-state index is 0.0544. The Morgan fingerprint density at radius 2 is 1.10 bits per heavy atom. The van der Waals surface area contributed by atoms with E-state index in [1.54, 1.807) is 0 Å². The maximum Gasteiger partial charge on any atom is 0.156 e. The second-order valence-corrected chi connectivity index (χ2v) is 15.3. The van der Waals surface area contributed by atoms with Gasteiger partial charge in [-0.2, -0.15) is 0 Å². The lowest BCUT2D eigenvalue weighted by atomic mass is 9.61. The Balaban J connectivity index is 1.20. The zero-order valence-electron chi connectivity index (χ0n) is 31.6. The molecule has 1 spiro atoms. The molecule has 1 unspecified atom stereocenters. The minimum atomic E-state index is -0.682. The lowest BCUT2D eigenvalue weighted by Gasteiger charge is -2.48. The van der Waals surface area contributed by atoms with E-state index in [0.717, 1.165) is 73.1 Å². The summed E-state index contributed by atoms with van der Waals surface area (Å²) in [5, 5.41) is 6.20. The molecule has 4 heterocycles. The molecule has 0 fully saturated rings.